The standard InChI is InChI=1S/C24H26N4O6S/c1-26-9-11-27(12-10-26)23(30)16-4-8-20(34-2)19(13-16)25-22(29)15-3-7-18-21(14-15)35(32,33)28(24(18)31)17-5-6-17/h3-4,7-8,13-14,17H,5-6,9-12H2,1-2H3,(H,25,29). The number of amides is 3. The fourth-order valence-corrected chi connectivity index (χ4v) is 6.22. The van der Waals surface area contributed by atoms with Gasteiger partial charge in [0.15, 0.2) is 0 Å². The van der Waals surface area contributed by atoms with Gasteiger partial charge in [-0.05, 0) is 56.3 Å². The van der Waals surface area contributed by atoms with Gasteiger partial charge in [-0.3, -0.25) is 14.4 Å². The minimum atomic E-state index is -3.98. The van der Waals surface area contributed by atoms with E-state index in [2.05, 4.69) is 10.2 Å². The first-order valence-corrected chi connectivity index (χ1v) is 12.8. The first-order valence-electron chi connectivity index (χ1n) is 11.4. The number of hydrogen-bond donors (Lipinski definition) is 1. The van der Waals surface area contributed by atoms with Crippen LogP contribution in [0.1, 0.15) is 43.9 Å². The Balaban J connectivity index is 1.39. The molecule has 0 aromatic heterocycles. The summed E-state index contributed by atoms with van der Waals surface area (Å²) >= 11 is 0. The smallest absolute Gasteiger partial charge is 0.269 e. The molecule has 0 radical (unpaired) electrons. The van der Waals surface area contributed by atoms with Crippen LogP contribution in [0.3, 0.4) is 0 Å². The number of carbonyl (C=O) groups is 3. The summed E-state index contributed by atoms with van der Waals surface area (Å²) in [6.07, 6.45) is 1.30. The van der Waals surface area contributed by atoms with Crippen LogP contribution in [0.2, 0.25) is 0 Å². The van der Waals surface area contributed by atoms with Gasteiger partial charge < -0.3 is 19.9 Å². The minimum Gasteiger partial charge on any atom is -0.495 e. The molecule has 0 unspecified atom stereocenters. The van der Waals surface area contributed by atoms with Gasteiger partial charge in [0.2, 0.25) is 0 Å². The van der Waals surface area contributed by atoms with Crippen LogP contribution in [0, 0.1) is 0 Å². The van der Waals surface area contributed by atoms with Crippen LogP contribution in [-0.2, 0) is 10.0 Å². The number of sulfonamides is 1. The molecule has 1 saturated carbocycles. The Bertz CT molecular complexity index is 1330. The number of ether oxygens (including phenoxy) is 1. The van der Waals surface area contributed by atoms with E-state index in [9.17, 15) is 22.8 Å². The van der Waals surface area contributed by atoms with E-state index in [0.29, 0.717) is 37.2 Å². The minimum absolute atomic E-state index is 0.0748. The Morgan fingerprint density at radius 2 is 1.69 bits per heavy atom. The van der Waals surface area contributed by atoms with Crippen molar-refractivity contribution in [1.82, 2.24) is 14.1 Å². The summed E-state index contributed by atoms with van der Waals surface area (Å²) in [4.78, 5) is 42.4. The van der Waals surface area contributed by atoms with Gasteiger partial charge in [0.05, 0.1) is 18.4 Å². The molecule has 2 aliphatic heterocycles. The molecule has 1 saturated heterocycles. The molecule has 10 nitrogen and oxygen atoms in total. The number of methoxy groups -OCH3 is 1. The quantitative estimate of drug-likeness (QED) is 0.666. The van der Waals surface area contributed by atoms with E-state index in [4.69, 9.17) is 4.74 Å². The van der Waals surface area contributed by atoms with Crippen molar-refractivity contribution in [2.75, 3.05) is 45.7 Å². The summed E-state index contributed by atoms with van der Waals surface area (Å²) in [6, 6.07) is 8.53. The third kappa shape index (κ3) is 4.14. The van der Waals surface area contributed by atoms with E-state index in [0.717, 1.165) is 17.4 Å². The first-order chi connectivity index (χ1) is 16.7. The summed E-state index contributed by atoms with van der Waals surface area (Å²) in [7, 11) is -0.525. The highest BCUT2D eigenvalue weighted by Crippen LogP contribution is 2.39. The number of piperazine rings is 1. The third-order valence-electron chi connectivity index (χ3n) is 6.57. The van der Waals surface area contributed by atoms with Gasteiger partial charge in [0.25, 0.3) is 27.7 Å². The van der Waals surface area contributed by atoms with Crippen molar-refractivity contribution in [2.45, 2.75) is 23.8 Å². The molecule has 184 valence electrons. The highest BCUT2D eigenvalue weighted by Gasteiger charge is 2.48. The summed E-state index contributed by atoms with van der Waals surface area (Å²) in [5.74, 6) is -0.912. The van der Waals surface area contributed by atoms with Crippen LogP contribution in [-0.4, -0.2) is 86.6 Å². The second kappa shape index (κ2) is 8.65. The van der Waals surface area contributed by atoms with Crippen LogP contribution in [0.25, 0.3) is 0 Å². The van der Waals surface area contributed by atoms with Gasteiger partial charge in [-0.1, -0.05) is 0 Å². The van der Waals surface area contributed by atoms with Crippen molar-refractivity contribution < 1.29 is 27.5 Å². The fraction of sp³-hybridized carbons (Fsp3) is 0.375. The highest BCUT2D eigenvalue weighted by molar-refractivity contribution is 7.90. The molecular weight excluding hydrogens is 472 g/mol. The van der Waals surface area contributed by atoms with Gasteiger partial charge in [-0.25, -0.2) is 12.7 Å². The molecule has 2 aromatic carbocycles. The van der Waals surface area contributed by atoms with Crippen molar-refractivity contribution in [3.05, 3.63) is 53.1 Å². The lowest BCUT2D eigenvalue weighted by Gasteiger charge is -2.32. The van der Waals surface area contributed by atoms with Crippen molar-refractivity contribution >= 4 is 33.4 Å². The lowest BCUT2D eigenvalue weighted by molar-refractivity contribution is 0.0663. The predicted molar refractivity (Wildman–Crippen MR) is 127 cm³/mol. The lowest BCUT2D eigenvalue weighted by Crippen LogP contribution is -2.47. The molecule has 2 fully saturated rings. The largest absolute Gasteiger partial charge is 0.495 e. The maximum Gasteiger partial charge on any atom is 0.269 e. The molecule has 5 rings (SSSR count). The van der Waals surface area contributed by atoms with E-state index in [1.165, 1.54) is 25.3 Å². The van der Waals surface area contributed by atoms with E-state index in [1.807, 2.05) is 7.05 Å². The molecule has 0 spiro atoms. The molecule has 2 aromatic rings. The fourth-order valence-electron chi connectivity index (χ4n) is 4.38. The van der Waals surface area contributed by atoms with E-state index >= 15 is 0 Å². The summed E-state index contributed by atoms with van der Waals surface area (Å²) in [5, 5.41) is 2.72. The molecule has 11 heteroatoms. The number of likely N-dealkylation sites (N-methyl/N-ethyl adjacent to an activating group) is 1. The molecule has 3 amide bonds. The van der Waals surface area contributed by atoms with E-state index in [-0.39, 0.29) is 33.7 Å². The number of nitrogens with one attached hydrogen (secondary N) is 1. The van der Waals surface area contributed by atoms with Crippen molar-refractivity contribution in [1.29, 1.82) is 0 Å². The Labute approximate surface area is 203 Å². The normalized spacial score (nSPS) is 19.4. The van der Waals surface area contributed by atoms with Gasteiger partial charge >= 0.3 is 0 Å². The number of carbonyl (C=O) groups excluding carboxylic acids is 3. The molecule has 0 atom stereocenters. The highest BCUT2D eigenvalue weighted by atomic mass is 32.2. The number of anilines is 1. The van der Waals surface area contributed by atoms with Gasteiger partial charge in [-0.2, -0.15) is 0 Å². The second-order valence-electron chi connectivity index (χ2n) is 9.01. The zero-order chi connectivity index (χ0) is 24.9. The molecule has 3 aliphatic rings. The molecule has 1 aliphatic carbocycles. The molecule has 35 heavy (non-hydrogen) atoms. The van der Waals surface area contributed by atoms with Gasteiger partial charge in [-0.15, -0.1) is 0 Å². The van der Waals surface area contributed by atoms with Crippen molar-refractivity contribution in [3.63, 3.8) is 0 Å². The van der Waals surface area contributed by atoms with Crippen LogP contribution in [0.4, 0.5) is 5.69 Å². The zero-order valence-electron chi connectivity index (χ0n) is 19.5. The second-order valence-corrected chi connectivity index (χ2v) is 10.8. The van der Waals surface area contributed by atoms with Crippen LogP contribution in [0.15, 0.2) is 41.3 Å². The van der Waals surface area contributed by atoms with E-state index < -0.39 is 21.8 Å². The number of hydrogen-bond acceptors (Lipinski definition) is 7. The molecular formula is C24H26N4O6S. The number of benzene rings is 2. The first kappa shape index (κ1) is 23.3. The topological polar surface area (TPSA) is 116 Å². The monoisotopic (exact) mass is 498 g/mol. The number of rotatable bonds is 5. The number of fused-ring (bicyclic) bond motifs is 1. The maximum absolute atomic E-state index is 13.1. The average Bonchev–Trinajstić information content (AvgIpc) is 3.65. The van der Waals surface area contributed by atoms with Crippen LogP contribution in [0.5, 0.6) is 5.75 Å². The Morgan fingerprint density at radius 1 is 1.00 bits per heavy atom. The van der Waals surface area contributed by atoms with Crippen LogP contribution >= 0.6 is 0 Å². The SMILES string of the molecule is COc1ccc(C(=O)N2CCN(C)CC2)cc1NC(=O)c1ccc2c(c1)S(=O)(=O)N(C1CC1)C2=O. The summed E-state index contributed by atoms with van der Waals surface area (Å²) in [5.41, 5.74) is 0.853. The molecule has 2 heterocycles. The predicted octanol–water partition coefficient (Wildman–Crippen LogP) is 1.64. The molecule has 1 N–H and O–H groups in total. The zero-order valence-corrected chi connectivity index (χ0v) is 20.3. The Hall–Kier alpha value is -3.44. The Kier molecular flexibility index (Phi) is 5.76. The van der Waals surface area contributed by atoms with Gasteiger partial charge in [0.1, 0.15) is 10.6 Å². The lowest BCUT2D eigenvalue weighted by atomic mass is 10.1. The number of nitrogens with zero attached hydrogens (tertiary/aromatic N) is 3. The Morgan fingerprint density at radius 3 is 2.34 bits per heavy atom. The van der Waals surface area contributed by atoms with E-state index in [1.54, 1.807) is 23.1 Å². The van der Waals surface area contributed by atoms with Crippen LogP contribution < -0.4 is 10.1 Å². The van der Waals surface area contributed by atoms with Gasteiger partial charge in [0, 0.05) is 43.3 Å². The van der Waals surface area contributed by atoms with Crippen molar-refractivity contribution in [2.24, 2.45) is 0 Å². The third-order valence-corrected chi connectivity index (χ3v) is 8.45. The average molecular weight is 499 g/mol. The summed E-state index contributed by atoms with van der Waals surface area (Å²) < 4.78 is 32.1. The molecule has 0 bridgehead atoms. The maximum atomic E-state index is 13.1. The van der Waals surface area contributed by atoms with Crippen molar-refractivity contribution in [3.8, 4) is 5.75 Å². The summed E-state index contributed by atoms with van der Waals surface area (Å²) in [6.45, 7) is 2.80.